The molecule has 0 aliphatic carbocycles. The molecule has 38 heavy (non-hydrogen) atoms. The number of anilines is 1. The van der Waals surface area contributed by atoms with Gasteiger partial charge in [0.1, 0.15) is 11.6 Å². The van der Waals surface area contributed by atoms with Gasteiger partial charge in [-0.05, 0) is 48.5 Å². The molecule has 0 saturated carbocycles. The Morgan fingerprint density at radius 3 is 2.29 bits per heavy atom. The summed E-state index contributed by atoms with van der Waals surface area (Å²) >= 11 is 0. The first-order chi connectivity index (χ1) is 18.3. The maximum absolute atomic E-state index is 13.6. The van der Waals surface area contributed by atoms with Crippen molar-refractivity contribution < 1.29 is 31.9 Å². The first kappa shape index (κ1) is 25.7. The SMILES string of the molecule is COC(CN(C1CC(=O)N(c2ccc(-c3nc4ccccc4o3)cc2)C1=O)S(=O)(=O)c1ccccc1)OC. The zero-order valence-electron chi connectivity index (χ0n) is 20.7. The van der Waals surface area contributed by atoms with E-state index in [0.29, 0.717) is 28.2 Å². The van der Waals surface area contributed by atoms with E-state index in [1.54, 1.807) is 42.5 Å². The highest BCUT2D eigenvalue weighted by atomic mass is 32.2. The summed E-state index contributed by atoms with van der Waals surface area (Å²) in [6.45, 7) is -0.279. The average Bonchev–Trinajstić information content (AvgIpc) is 3.50. The molecule has 10 nitrogen and oxygen atoms in total. The molecule has 1 aliphatic heterocycles. The van der Waals surface area contributed by atoms with Crippen LogP contribution < -0.4 is 4.90 Å². The number of nitrogens with zero attached hydrogens (tertiary/aromatic N) is 3. The quantitative estimate of drug-likeness (QED) is 0.236. The Balaban J connectivity index is 1.44. The second-order valence-corrected chi connectivity index (χ2v) is 10.5. The molecule has 1 fully saturated rings. The van der Waals surface area contributed by atoms with Crippen molar-refractivity contribution in [1.29, 1.82) is 0 Å². The Kier molecular flexibility index (Phi) is 7.09. The lowest BCUT2D eigenvalue weighted by molar-refractivity contribution is -0.125. The Bertz CT molecular complexity index is 1530. The van der Waals surface area contributed by atoms with Crippen LogP contribution in [0.1, 0.15) is 6.42 Å². The van der Waals surface area contributed by atoms with Crippen LogP contribution in [0.4, 0.5) is 5.69 Å². The Morgan fingerprint density at radius 1 is 0.974 bits per heavy atom. The summed E-state index contributed by atoms with van der Waals surface area (Å²) < 4.78 is 44.4. The lowest BCUT2D eigenvalue weighted by Crippen LogP contribution is -2.49. The Labute approximate surface area is 219 Å². The highest BCUT2D eigenvalue weighted by Crippen LogP contribution is 2.32. The number of carbonyl (C=O) groups excluding carboxylic acids is 2. The highest BCUT2D eigenvalue weighted by molar-refractivity contribution is 7.89. The van der Waals surface area contributed by atoms with Gasteiger partial charge in [-0.1, -0.05) is 30.3 Å². The molecule has 1 aliphatic rings. The second kappa shape index (κ2) is 10.5. The van der Waals surface area contributed by atoms with E-state index in [-0.39, 0.29) is 17.9 Å². The zero-order chi connectivity index (χ0) is 26.9. The van der Waals surface area contributed by atoms with E-state index in [1.165, 1.54) is 26.4 Å². The van der Waals surface area contributed by atoms with Crippen LogP contribution >= 0.6 is 0 Å². The average molecular weight is 536 g/mol. The number of hydrogen-bond donors (Lipinski definition) is 0. The topological polar surface area (TPSA) is 119 Å². The van der Waals surface area contributed by atoms with Gasteiger partial charge in [0.05, 0.1) is 23.5 Å². The number of benzene rings is 3. The molecule has 0 radical (unpaired) electrons. The van der Waals surface area contributed by atoms with Crippen molar-refractivity contribution in [2.24, 2.45) is 0 Å². The molecule has 11 heteroatoms. The molecule has 1 saturated heterocycles. The summed E-state index contributed by atoms with van der Waals surface area (Å²) in [6.07, 6.45) is -1.26. The molecule has 1 atom stereocenters. The number of carbonyl (C=O) groups is 2. The van der Waals surface area contributed by atoms with Gasteiger partial charge >= 0.3 is 0 Å². The van der Waals surface area contributed by atoms with Gasteiger partial charge in [0, 0.05) is 19.8 Å². The van der Waals surface area contributed by atoms with E-state index in [1.807, 2.05) is 24.3 Å². The molecule has 0 bridgehead atoms. The predicted molar refractivity (Wildman–Crippen MR) is 138 cm³/mol. The van der Waals surface area contributed by atoms with Crippen LogP contribution in [-0.2, 0) is 29.1 Å². The molecular formula is C27H25N3O7S. The lowest BCUT2D eigenvalue weighted by Gasteiger charge is -2.29. The lowest BCUT2D eigenvalue weighted by atomic mass is 10.2. The molecule has 2 amide bonds. The number of para-hydroxylation sites is 2. The molecule has 1 aromatic heterocycles. The first-order valence-electron chi connectivity index (χ1n) is 11.8. The zero-order valence-corrected chi connectivity index (χ0v) is 21.5. The first-order valence-corrected chi connectivity index (χ1v) is 13.2. The number of sulfonamides is 1. The molecule has 0 spiro atoms. The van der Waals surface area contributed by atoms with Crippen LogP contribution in [0.2, 0.25) is 0 Å². The number of methoxy groups -OCH3 is 2. The number of oxazole rings is 1. The second-order valence-electron chi connectivity index (χ2n) is 8.61. The van der Waals surface area contributed by atoms with Crippen molar-refractivity contribution in [1.82, 2.24) is 9.29 Å². The maximum atomic E-state index is 13.6. The minimum atomic E-state index is -4.16. The van der Waals surface area contributed by atoms with Gasteiger partial charge in [0.2, 0.25) is 21.8 Å². The molecule has 3 aromatic carbocycles. The van der Waals surface area contributed by atoms with Gasteiger partial charge < -0.3 is 13.9 Å². The number of hydrogen-bond acceptors (Lipinski definition) is 8. The van der Waals surface area contributed by atoms with Crippen molar-refractivity contribution in [3.05, 3.63) is 78.9 Å². The van der Waals surface area contributed by atoms with Crippen LogP contribution in [-0.4, -0.2) is 62.6 Å². The monoisotopic (exact) mass is 535 g/mol. The number of aromatic nitrogens is 1. The van der Waals surface area contributed by atoms with Crippen molar-refractivity contribution in [3.8, 4) is 11.5 Å². The molecule has 196 valence electrons. The van der Waals surface area contributed by atoms with E-state index in [4.69, 9.17) is 13.9 Å². The normalized spacial score (nSPS) is 16.3. The highest BCUT2D eigenvalue weighted by Gasteiger charge is 2.47. The van der Waals surface area contributed by atoms with Gasteiger partial charge in [-0.15, -0.1) is 0 Å². The fourth-order valence-electron chi connectivity index (χ4n) is 4.37. The summed E-state index contributed by atoms with van der Waals surface area (Å²) in [5.41, 5.74) is 2.33. The molecule has 0 N–H and O–H groups in total. The standard InChI is InChI=1S/C27H25N3O7S/c1-35-25(36-2)17-29(38(33,34)20-8-4-3-5-9-20)22-16-24(31)30(27(22)32)19-14-12-18(13-15-19)26-28-21-10-6-7-11-23(21)37-26/h3-15,22,25H,16-17H2,1-2H3. The van der Waals surface area contributed by atoms with Crippen LogP contribution in [0.3, 0.4) is 0 Å². The van der Waals surface area contributed by atoms with Gasteiger partial charge in [-0.3, -0.25) is 9.59 Å². The van der Waals surface area contributed by atoms with E-state index < -0.39 is 34.2 Å². The summed E-state index contributed by atoms with van der Waals surface area (Å²) in [4.78, 5) is 32.1. The Hall–Kier alpha value is -3.90. The third-order valence-corrected chi connectivity index (χ3v) is 8.23. The molecule has 5 rings (SSSR count). The molecule has 1 unspecified atom stereocenters. The van der Waals surface area contributed by atoms with E-state index in [9.17, 15) is 18.0 Å². The fourth-order valence-corrected chi connectivity index (χ4v) is 5.96. The van der Waals surface area contributed by atoms with Crippen LogP contribution in [0.5, 0.6) is 0 Å². The number of imide groups is 1. The van der Waals surface area contributed by atoms with Gasteiger partial charge in [-0.2, -0.15) is 4.31 Å². The van der Waals surface area contributed by atoms with E-state index >= 15 is 0 Å². The van der Waals surface area contributed by atoms with Crippen LogP contribution in [0.25, 0.3) is 22.6 Å². The number of amides is 2. The predicted octanol–water partition coefficient (Wildman–Crippen LogP) is 3.44. The van der Waals surface area contributed by atoms with Crippen LogP contribution in [0.15, 0.2) is 88.2 Å². The van der Waals surface area contributed by atoms with Crippen molar-refractivity contribution in [3.63, 3.8) is 0 Å². The maximum Gasteiger partial charge on any atom is 0.252 e. The third-order valence-electron chi connectivity index (χ3n) is 6.34. The molecular weight excluding hydrogens is 510 g/mol. The van der Waals surface area contributed by atoms with E-state index in [2.05, 4.69) is 4.98 Å². The summed E-state index contributed by atoms with van der Waals surface area (Å²) in [5, 5.41) is 0. The minimum absolute atomic E-state index is 0.00709. The van der Waals surface area contributed by atoms with Crippen molar-refractivity contribution in [2.75, 3.05) is 25.7 Å². The molecule has 2 heterocycles. The number of rotatable bonds is 9. The fraction of sp³-hybridized carbons (Fsp3) is 0.222. The van der Waals surface area contributed by atoms with Gasteiger partial charge in [-0.25, -0.2) is 18.3 Å². The summed E-state index contributed by atoms with van der Waals surface area (Å²) in [6, 6.07) is 20.4. The minimum Gasteiger partial charge on any atom is -0.436 e. The number of fused-ring (bicyclic) bond motifs is 1. The van der Waals surface area contributed by atoms with Gasteiger partial charge in [0.15, 0.2) is 11.9 Å². The summed E-state index contributed by atoms with van der Waals surface area (Å²) in [7, 11) is -1.43. The number of ether oxygens (including phenoxy) is 2. The Morgan fingerprint density at radius 2 is 1.63 bits per heavy atom. The van der Waals surface area contributed by atoms with Crippen molar-refractivity contribution in [2.45, 2.75) is 23.6 Å². The third kappa shape index (κ3) is 4.72. The summed E-state index contributed by atoms with van der Waals surface area (Å²) in [5.74, 6) is -0.774. The molecule has 4 aromatic rings. The smallest absolute Gasteiger partial charge is 0.252 e. The van der Waals surface area contributed by atoms with Crippen molar-refractivity contribution >= 4 is 38.6 Å². The van der Waals surface area contributed by atoms with Crippen LogP contribution in [0, 0.1) is 0 Å². The van der Waals surface area contributed by atoms with Gasteiger partial charge in [0.25, 0.3) is 5.91 Å². The largest absolute Gasteiger partial charge is 0.436 e. The van der Waals surface area contributed by atoms with E-state index in [0.717, 1.165) is 9.21 Å².